The van der Waals surface area contributed by atoms with Crippen LogP contribution in [0.3, 0.4) is 0 Å². The van der Waals surface area contributed by atoms with E-state index in [4.69, 9.17) is 4.74 Å². The molecule has 0 radical (unpaired) electrons. The van der Waals surface area contributed by atoms with Gasteiger partial charge in [0, 0.05) is 45.5 Å². The van der Waals surface area contributed by atoms with Crippen LogP contribution in [-0.4, -0.2) is 51.3 Å². The first-order valence-electron chi connectivity index (χ1n) is 6.01. The molecule has 0 bridgehead atoms. The Bertz CT molecular complexity index is 334. The molecule has 1 aromatic carbocycles. The highest BCUT2D eigenvalue weighted by Gasteiger charge is 2.16. The van der Waals surface area contributed by atoms with E-state index in [1.807, 2.05) is 12.1 Å². The number of piperazine rings is 1. The molecule has 0 aliphatic carbocycles. The lowest BCUT2D eigenvalue weighted by Crippen LogP contribution is -2.47. The zero-order chi connectivity index (χ0) is 12.1. The lowest BCUT2D eigenvalue weighted by molar-refractivity contribution is 0.144. The molecular formula is C13H19FN2O. The van der Waals surface area contributed by atoms with E-state index in [-0.39, 0.29) is 5.82 Å². The van der Waals surface area contributed by atoms with Gasteiger partial charge in [0.05, 0.1) is 6.61 Å². The molecule has 0 saturated carbocycles. The number of hydrogen-bond acceptors (Lipinski definition) is 3. The minimum atomic E-state index is -0.174. The van der Waals surface area contributed by atoms with Gasteiger partial charge in [-0.25, -0.2) is 4.39 Å². The molecule has 0 amide bonds. The van der Waals surface area contributed by atoms with E-state index < -0.39 is 0 Å². The Kier molecular flexibility index (Phi) is 4.34. The SMILES string of the molecule is COCCN1CCN(c2ccc(F)cc2)CC1. The Morgan fingerprint density at radius 1 is 1.12 bits per heavy atom. The summed E-state index contributed by atoms with van der Waals surface area (Å²) in [5.41, 5.74) is 1.11. The van der Waals surface area contributed by atoms with Gasteiger partial charge in [-0.2, -0.15) is 0 Å². The second kappa shape index (κ2) is 5.98. The van der Waals surface area contributed by atoms with Crippen molar-refractivity contribution in [2.24, 2.45) is 0 Å². The van der Waals surface area contributed by atoms with Gasteiger partial charge in [-0.15, -0.1) is 0 Å². The first-order chi connectivity index (χ1) is 8.29. The van der Waals surface area contributed by atoms with E-state index in [9.17, 15) is 4.39 Å². The van der Waals surface area contributed by atoms with Crippen LogP contribution in [0.4, 0.5) is 10.1 Å². The molecule has 0 N–H and O–H groups in total. The van der Waals surface area contributed by atoms with E-state index in [2.05, 4.69) is 9.80 Å². The lowest BCUT2D eigenvalue weighted by atomic mass is 10.2. The van der Waals surface area contributed by atoms with Crippen LogP contribution in [0.15, 0.2) is 24.3 Å². The van der Waals surface area contributed by atoms with Crippen molar-refractivity contribution < 1.29 is 9.13 Å². The maximum atomic E-state index is 12.8. The summed E-state index contributed by atoms with van der Waals surface area (Å²) in [6.07, 6.45) is 0. The Hall–Kier alpha value is -1.13. The predicted octanol–water partition coefficient (Wildman–Crippen LogP) is 1.59. The summed E-state index contributed by atoms with van der Waals surface area (Å²) in [7, 11) is 1.73. The number of ether oxygens (including phenoxy) is 1. The van der Waals surface area contributed by atoms with Crippen molar-refractivity contribution in [3.8, 4) is 0 Å². The van der Waals surface area contributed by atoms with Gasteiger partial charge in [-0.05, 0) is 24.3 Å². The van der Waals surface area contributed by atoms with Gasteiger partial charge in [-0.3, -0.25) is 4.90 Å². The average molecular weight is 238 g/mol. The van der Waals surface area contributed by atoms with E-state index in [1.54, 1.807) is 7.11 Å². The molecule has 1 aliphatic heterocycles. The van der Waals surface area contributed by atoms with Gasteiger partial charge < -0.3 is 9.64 Å². The number of benzene rings is 1. The predicted molar refractivity (Wildman–Crippen MR) is 66.9 cm³/mol. The first-order valence-corrected chi connectivity index (χ1v) is 6.01. The average Bonchev–Trinajstić information content (AvgIpc) is 2.38. The van der Waals surface area contributed by atoms with Crippen molar-refractivity contribution in [3.05, 3.63) is 30.1 Å². The second-order valence-corrected chi connectivity index (χ2v) is 4.30. The van der Waals surface area contributed by atoms with Crippen LogP contribution in [0.2, 0.25) is 0 Å². The molecule has 0 unspecified atom stereocenters. The third kappa shape index (κ3) is 3.41. The zero-order valence-corrected chi connectivity index (χ0v) is 10.2. The molecule has 0 atom stereocenters. The van der Waals surface area contributed by atoms with Crippen molar-refractivity contribution in [1.29, 1.82) is 0 Å². The maximum Gasteiger partial charge on any atom is 0.123 e. The summed E-state index contributed by atoms with van der Waals surface area (Å²) in [6.45, 7) is 5.86. The zero-order valence-electron chi connectivity index (χ0n) is 10.2. The van der Waals surface area contributed by atoms with Gasteiger partial charge in [-0.1, -0.05) is 0 Å². The highest BCUT2D eigenvalue weighted by molar-refractivity contribution is 5.46. The van der Waals surface area contributed by atoms with E-state index >= 15 is 0 Å². The third-order valence-corrected chi connectivity index (χ3v) is 3.18. The Balaban J connectivity index is 1.84. The van der Waals surface area contributed by atoms with Crippen LogP contribution < -0.4 is 4.90 Å². The molecular weight excluding hydrogens is 219 g/mol. The van der Waals surface area contributed by atoms with E-state index in [0.29, 0.717) is 0 Å². The summed E-state index contributed by atoms with van der Waals surface area (Å²) < 4.78 is 17.9. The molecule has 0 aromatic heterocycles. The minimum absolute atomic E-state index is 0.174. The Morgan fingerprint density at radius 3 is 2.35 bits per heavy atom. The monoisotopic (exact) mass is 238 g/mol. The second-order valence-electron chi connectivity index (χ2n) is 4.30. The Labute approximate surface area is 102 Å². The van der Waals surface area contributed by atoms with Crippen molar-refractivity contribution in [1.82, 2.24) is 4.90 Å². The molecule has 94 valence electrons. The first kappa shape index (κ1) is 12.3. The fraction of sp³-hybridized carbons (Fsp3) is 0.538. The van der Waals surface area contributed by atoms with Crippen LogP contribution in [-0.2, 0) is 4.74 Å². The van der Waals surface area contributed by atoms with Crippen LogP contribution in [0.5, 0.6) is 0 Å². The molecule has 4 heteroatoms. The largest absolute Gasteiger partial charge is 0.383 e. The summed E-state index contributed by atoms with van der Waals surface area (Å²) in [4.78, 5) is 4.69. The molecule has 1 heterocycles. The third-order valence-electron chi connectivity index (χ3n) is 3.18. The number of rotatable bonds is 4. The number of halogens is 1. The minimum Gasteiger partial charge on any atom is -0.383 e. The normalized spacial score (nSPS) is 17.4. The topological polar surface area (TPSA) is 15.7 Å². The molecule has 1 fully saturated rings. The Morgan fingerprint density at radius 2 is 1.76 bits per heavy atom. The van der Waals surface area contributed by atoms with Crippen LogP contribution in [0.1, 0.15) is 0 Å². The van der Waals surface area contributed by atoms with Crippen LogP contribution in [0, 0.1) is 5.82 Å². The molecule has 1 aliphatic rings. The standard InChI is InChI=1S/C13H19FN2O/c1-17-11-10-15-6-8-16(9-7-15)13-4-2-12(14)3-5-13/h2-5H,6-11H2,1H3. The number of hydrogen-bond donors (Lipinski definition) is 0. The summed E-state index contributed by atoms with van der Waals surface area (Å²) in [5.74, 6) is -0.174. The van der Waals surface area contributed by atoms with Gasteiger partial charge in [0.1, 0.15) is 5.82 Å². The van der Waals surface area contributed by atoms with Crippen molar-refractivity contribution in [3.63, 3.8) is 0 Å². The van der Waals surface area contributed by atoms with E-state index in [1.165, 1.54) is 12.1 Å². The molecule has 2 rings (SSSR count). The van der Waals surface area contributed by atoms with Crippen molar-refractivity contribution in [2.45, 2.75) is 0 Å². The summed E-state index contributed by atoms with van der Waals surface area (Å²) in [6, 6.07) is 6.74. The van der Waals surface area contributed by atoms with Crippen molar-refractivity contribution in [2.75, 3.05) is 51.3 Å². The van der Waals surface area contributed by atoms with E-state index in [0.717, 1.165) is 45.0 Å². The molecule has 0 spiro atoms. The smallest absolute Gasteiger partial charge is 0.123 e. The fourth-order valence-corrected chi connectivity index (χ4v) is 2.10. The molecule has 1 aromatic rings. The van der Waals surface area contributed by atoms with Crippen LogP contribution in [0.25, 0.3) is 0 Å². The molecule has 3 nitrogen and oxygen atoms in total. The van der Waals surface area contributed by atoms with Gasteiger partial charge in [0.15, 0.2) is 0 Å². The van der Waals surface area contributed by atoms with Gasteiger partial charge >= 0.3 is 0 Å². The van der Waals surface area contributed by atoms with Crippen LogP contribution >= 0.6 is 0 Å². The number of nitrogens with zero attached hydrogens (tertiary/aromatic N) is 2. The summed E-state index contributed by atoms with van der Waals surface area (Å²) >= 11 is 0. The van der Waals surface area contributed by atoms with Gasteiger partial charge in [0.25, 0.3) is 0 Å². The molecule has 17 heavy (non-hydrogen) atoms. The lowest BCUT2D eigenvalue weighted by Gasteiger charge is -2.35. The maximum absolute atomic E-state index is 12.8. The highest BCUT2D eigenvalue weighted by Crippen LogP contribution is 2.16. The highest BCUT2D eigenvalue weighted by atomic mass is 19.1. The number of methoxy groups -OCH3 is 1. The number of anilines is 1. The van der Waals surface area contributed by atoms with Gasteiger partial charge in [0.2, 0.25) is 0 Å². The summed E-state index contributed by atoms with van der Waals surface area (Å²) in [5, 5.41) is 0. The quantitative estimate of drug-likeness (QED) is 0.792. The molecule has 1 saturated heterocycles. The van der Waals surface area contributed by atoms with Crippen molar-refractivity contribution >= 4 is 5.69 Å². The fourth-order valence-electron chi connectivity index (χ4n) is 2.10.